The number of hydrogen-bond acceptors (Lipinski definition) is 3. The van der Waals surface area contributed by atoms with Crippen molar-refractivity contribution in [3.8, 4) is 5.75 Å². The highest BCUT2D eigenvalue weighted by Gasteiger charge is 2.03. The molecule has 0 saturated heterocycles. The van der Waals surface area contributed by atoms with Gasteiger partial charge in [0.25, 0.3) is 5.91 Å². The number of amides is 1. The molecular weight excluding hydrogens is 475 g/mol. The molecule has 3 aromatic carbocycles. The standard InChI is InChI=1S/C21H16ClIN2O2/c22-18-5-1-4-16(11-18)14-27-20-6-2-3-15(12-20)13-24-25-21(26)17-7-9-19(23)10-8-17/h1-13H,14H2,(H,25,26)/b24-13-. The normalized spacial score (nSPS) is 10.7. The SMILES string of the molecule is O=C(N/N=C\c1cccc(OCc2cccc(Cl)c2)c1)c1ccc(I)cc1. The molecule has 0 aliphatic heterocycles. The lowest BCUT2D eigenvalue weighted by atomic mass is 10.2. The molecule has 0 aliphatic carbocycles. The molecule has 0 radical (unpaired) electrons. The van der Waals surface area contributed by atoms with Crippen LogP contribution in [-0.2, 0) is 6.61 Å². The summed E-state index contributed by atoms with van der Waals surface area (Å²) in [5.41, 5.74) is 4.90. The Morgan fingerprint density at radius 3 is 2.63 bits per heavy atom. The lowest BCUT2D eigenvalue weighted by Gasteiger charge is -2.07. The van der Waals surface area contributed by atoms with Gasteiger partial charge in [0.2, 0.25) is 0 Å². The van der Waals surface area contributed by atoms with Gasteiger partial charge in [-0.25, -0.2) is 5.43 Å². The van der Waals surface area contributed by atoms with E-state index in [1.807, 2.05) is 60.7 Å². The average molecular weight is 491 g/mol. The lowest BCUT2D eigenvalue weighted by molar-refractivity contribution is 0.0955. The number of carbonyl (C=O) groups excluding carboxylic acids is 1. The van der Waals surface area contributed by atoms with Gasteiger partial charge in [-0.15, -0.1) is 0 Å². The highest BCUT2D eigenvalue weighted by atomic mass is 127. The van der Waals surface area contributed by atoms with Crippen LogP contribution in [0.4, 0.5) is 0 Å². The van der Waals surface area contributed by atoms with Gasteiger partial charge in [0.1, 0.15) is 12.4 Å². The summed E-state index contributed by atoms with van der Waals surface area (Å²) in [7, 11) is 0. The Kier molecular flexibility index (Phi) is 6.84. The first kappa shape index (κ1) is 19.4. The molecule has 0 aromatic heterocycles. The van der Waals surface area contributed by atoms with Gasteiger partial charge in [-0.3, -0.25) is 4.79 Å². The zero-order valence-corrected chi connectivity index (χ0v) is 17.1. The van der Waals surface area contributed by atoms with Gasteiger partial charge in [-0.2, -0.15) is 5.10 Å². The smallest absolute Gasteiger partial charge is 0.271 e. The van der Waals surface area contributed by atoms with Crippen LogP contribution in [0.25, 0.3) is 0 Å². The molecule has 0 fully saturated rings. The van der Waals surface area contributed by atoms with E-state index in [-0.39, 0.29) is 5.91 Å². The van der Waals surface area contributed by atoms with Crippen LogP contribution in [0.2, 0.25) is 5.02 Å². The number of rotatable bonds is 6. The van der Waals surface area contributed by atoms with Gasteiger partial charge in [-0.05, 0) is 82.2 Å². The second-order valence-corrected chi connectivity index (χ2v) is 7.38. The van der Waals surface area contributed by atoms with Crippen LogP contribution < -0.4 is 10.2 Å². The summed E-state index contributed by atoms with van der Waals surface area (Å²) in [6.07, 6.45) is 1.58. The predicted octanol–water partition coefficient (Wildman–Crippen LogP) is 5.29. The van der Waals surface area contributed by atoms with Crippen LogP contribution in [0.5, 0.6) is 5.75 Å². The van der Waals surface area contributed by atoms with Crippen molar-refractivity contribution < 1.29 is 9.53 Å². The minimum absolute atomic E-state index is 0.254. The van der Waals surface area contributed by atoms with Crippen LogP contribution in [0.3, 0.4) is 0 Å². The van der Waals surface area contributed by atoms with Crippen molar-refractivity contribution >= 4 is 46.3 Å². The molecule has 0 bridgehead atoms. The van der Waals surface area contributed by atoms with Crippen LogP contribution in [0.15, 0.2) is 77.9 Å². The first-order valence-electron chi connectivity index (χ1n) is 8.16. The van der Waals surface area contributed by atoms with Gasteiger partial charge in [0.15, 0.2) is 0 Å². The Balaban J connectivity index is 1.57. The maximum absolute atomic E-state index is 12.0. The van der Waals surface area contributed by atoms with Crippen LogP contribution >= 0.6 is 34.2 Å². The summed E-state index contributed by atoms with van der Waals surface area (Å²) in [5, 5.41) is 4.69. The fourth-order valence-electron chi connectivity index (χ4n) is 2.31. The summed E-state index contributed by atoms with van der Waals surface area (Å²) in [6, 6.07) is 22.3. The maximum atomic E-state index is 12.0. The molecule has 1 N–H and O–H groups in total. The van der Waals surface area contributed by atoms with Gasteiger partial charge < -0.3 is 4.74 Å². The molecule has 0 spiro atoms. The van der Waals surface area contributed by atoms with Crippen molar-refractivity contribution in [1.29, 1.82) is 0 Å². The van der Waals surface area contributed by atoms with Gasteiger partial charge >= 0.3 is 0 Å². The summed E-state index contributed by atoms with van der Waals surface area (Å²) in [4.78, 5) is 12.0. The third kappa shape index (κ3) is 6.08. The van der Waals surface area contributed by atoms with Gasteiger partial charge in [-0.1, -0.05) is 35.9 Å². The zero-order valence-electron chi connectivity index (χ0n) is 14.2. The third-order valence-corrected chi connectivity index (χ3v) is 4.59. The summed E-state index contributed by atoms with van der Waals surface area (Å²) >= 11 is 8.17. The number of carbonyl (C=O) groups is 1. The van der Waals surface area contributed by atoms with Crippen molar-refractivity contribution in [2.75, 3.05) is 0 Å². The largest absolute Gasteiger partial charge is 0.489 e. The van der Waals surface area contributed by atoms with E-state index in [4.69, 9.17) is 16.3 Å². The van der Waals surface area contributed by atoms with E-state index >= 15 is 0 Å². The number of hydrazone groups is 1. The van der Waals surface area contributed by atoms with Gasteiger partial charge in [0, 0.05) is 14.2 Å². The average Bonchev–Trinajstić information content (AvgIpc) is 2.67. The minimum atomic E-state index is -0.254. The van der Waals surface area contributed by atoms with E-state index in [2.05, 4.69) is 33.1 Å². The van der Waals surface area contributed by atoms with E-state index in [1.54, 1.807) is 18.3 Å². The number of ether oxygens (including phenoxy) is 1. The van der Waals surface area contributed by atoms with Crippen molar-refractivity contribution in [3.63, 3.8) is 0 Å². The Hall–Kier alpha value is -2.38. The Labute approximate surface area is 176 Å². The Morgan fingerprint density at radius 2 is 1.85 bits per heavy atom. The second-order valence-electron chi connectivity index (χ2n) is 5.70. The Morgan fingerprint density at radius 1 is 1.07 bits per heavy atom. The van der Waals surface area contributed by atoms with E-state index in [0.717, 1.165) is 14.7 Å². The van der Waals surface area contributed by atoms with Crippen molar-refractivity contribution in [2.45, 2.75) is 6.61 Å². The molecule has 3 aromatic rings. The molecule has 6 heteroatoms. The monoisotopic (exact) mass is 490 g/mol. The number of nitrogens with zero attached hydrogens (tertiary/aromatic N) is 1. The van der Waals surface area contributed by atoms with E-state index < -0.39 is 0 Å². The summed E-state index contributed by atoms with van der Waals surface area (Å²) < 4.78 is 6.86. The van der Waals surface area contributed by atoms with Crippen molar-refractivity contribution in [1.82, 2.24) is 5.43 Å². The first-order valence-corrected chi connectivity index (χ1v) is 9.62. The molecule has 0 saturated carbocycles. The summed E-state index contributed by atoms with van der Waals surface area (Å²) in [6.45, 7) is 0.421. The molecule has 0 heterocycles. The van der Waals surface area contributed by atoms with Gasteiger partial charge in [0.05, 0.1) is 6.21 Å². The highest BCUT2D eigenvalue weighted by Crippen LogP contribution is 2.16. The van der Waals surface area contributed by atoms with Crippen molar-refractivity contribution in [2.24, 2.45) is 5.10 Å². The third-order valence-electron chi connectivity index (χ3n) is 3.64. The van der Waals surface area contributed by atoms with E-state index in [1.165, 1.54) is 0 Å². The van der Waals surface area contributed by atoms with Crippen LogP contribution in [-0.4, -0.2) is 12.1 Å². The fraction of sp³-hybridized carbons (Fsp3) is 0.0476. The number of hydrogen-bond donors (Lipinski definition) is 1. The molecule has 4 nitrogen and oxygen atoms in total. The van der Waals surface area contributed by atoms with Crippen LogP contribution in [0.1, 0.15) is 21.5 Å². The molecule has 0 aliphatic rings. The molecule has 3 rings (SSSR count). The quantitative estimate of drug-likeness (QED) is 0.290. The molecule has 27 heavy (non-hydrogen) atoms. The second kappa shape index (κ2) is 9.53. The molecule has 1 amide bonds. The highest BCUT2D eigenvalue weighted by molar-refractivity contribution is 14.1. The Bertz CT molecular complexity index is 958. The zero-order chi connectivity index (χ0) is 19.1. The molecule has 0 unspecified atom stereocenters. The predicted molar refractivity (Wildman–Crippen MR) is 116 cm³/mol. The van der Waals surface area contributed by atoms with Crippen LogP contribution in [0, 0.1) is 3.57 Å². The number of benzene rings is 3. The fourth-order valence-corrected chi connectivity index (χ4v) is 2.88. The van der Waals surface area contributed by atoms with E-state index in [0.29, 0.717) is 22.9 Å². The molecular formula is C21H16ClIN2O2. The topological polar surface area (TPSA) is 50.7 Å². The lowest BCUT2D eigenvalue weighted by Crippen LogP contribution is -2.17. The van der Waals surface area contributed by atoms with E-state index in [9.17, 15) is 4.79 Å². The number of halogens is 2. The van der Waals surface area contributed by atoms with Crippen molar-refractivity contribution in [3.05, 3.63) is 98.1 Å². The summed E-state index contributed by atoms with van der Waals surface area (Å²) in [5.74, 6) is 0.457. The number of nitrogens with one attached hydrogen (secondary N) is 1. The maximum Gasteiger partial charge on any atom is 0.271 e. The minimum Gasteiger partial charge on any atom is -0.489 e. The first-order chi connectivity index (χ1) is 13.1. The molecule has 136 valence electrons. The molecule has 0 atom stereocenters.